The van der Waals surface area contributed by atoms with Crippen molar-refractivity contribution in [2.75, 3.05) is 24.7 Å². The summed E-state index contributed by atoms with van der Waals surface area (Å²) in [5.74, 6) is -0.834. The molecule has 0 bridgehead atoms. The molecule has 0 aliphatic heterocycles. The fourth-order valence-electron chi connectivity index (χ4n) is 4.62. The summed E-state index contributed by atoms with van der Waals surface area (Å²) in [7, 11) is -1.50. The Morgan fingerprint density at radius 2 is 1.67 bits per heavy atom. The van der Waals surface area contributed by atoms with E-state index < -0.39 is 26.6 Å². The van der Waals surface area contributed by atoms with Crippen molar-refractivity contribution in [3.05, 3.63) is 90.1 Å². The highest BCUT2D eigenvalue weighted by Crippen LogP contribution is 2.38. The molecule has 0 aliphatic rings. The van der Waals surface area contributed by atoms with Crippen LogP contribution >= 0.6 is 0 Å². The van der Waals surface area contributed by atoms with E-state index in [9.17, 15) is 17.2 Å². The molecule has 2 heterocycles. The molecule has 0 saturated carbocycles. The molecule has 0 atom stereocenters. The van der Waals surface area contributed by atoms with Crippen LogP contribution in [0.15, 0.2) is 77.8 Å². The van der Waals surface area contributed by atoms with Crippen molar-refractivity contribution in [1.82, 2.24) is 9.97 Å². The molecule has 0 saturated heterocycles. The summed E-state index contributed by atoms with van der Waals surface area (Å²) in [6.07, 6.45) is 1.52. The second-order valence-electron chi connectivity index (χ2n) is 9.90. The lowest BCUT2D eigenvalue weighted by atomic mass is 9.95. The molecule has 0 amide bonds. The molecule has 0 unspecified atom stereocenters. The molecule has 3 aromatic carbocycles. The summed E-state index contributed by atoms with van der Waals surface area (Å²) in [6, 6.07) is 17.1. The van der Waals surface area contributed by atoms with Gasteiger partial charge in [0.2, 0.25) is 5.88 Å². The number of methoxy groups -OCH3 is 2. The van der Waals surface area contributed by atoms with E-state index in [1.807, 2.05) is 30.3 Å². The topological polar surface area (TPSA) is 116 Å². The fraction of sp³-hybridized carbons (Fsp3) is 0.161. The summed E-state index contributed by atoms with van der Waals surface area (Å²) >= 11 is 0. The van der Waals surface area contributed by atoms with Gasteiger partial charge in [-0.25, -0.2) is 27.2 Å². The minimum absolute atomic E-state index is 0.0230. The maximum atomic E-state index is 14.3. The lowest BCUT2D eigenvalue weighted by Gasteiger charge is -2.15. The third kappa shape index (κ3) is 5.55. The van der Waals surface area contributed by atoms with Crippen molar-refractivity contribution in [2.24, 2.45) is 0 Å². The van der Waals surface area contributed by atoms with E-state index in [0.29, 0.717) is 45.8 Å². The van der Waals surface area contributed by atoms with E-state index in [2.05, 4.69) is 28.5 Å². The molecule has 42 heavy (non-hydrogen) atoms. The second kappa shape index (κ2) is 11.2. The van der Waals surface area contributed by atoms with E-state index in [0.717, 1.165) is 28.6 Å². The molecular formula is C31H28F2N4O4S. The Balaban J connectivity index is 1.58. The molecule has 216 valence electrons. The van der Waals surface area contributed by atoms with E-state index in [1.165, 1.54) is 19.4 Å². The van der Waals surface area contributed by atoms with E-state index in [4.69, 9.17) is 15.2 Å². The van der Waals surface area contributed by atoms with Crippen LogP contribution in [0, 0.1) is 11.6 Å². The Bertz CT molecular complexity index is 1930. The van der Waals surface area contributed by atoms with Gasteiger partial charge in [0.25, 0.3) is 10.0 Å². The predicted molar refractivity (Wildman–Crippen MR) is 159 cm³/mol. The van der Waals surface area contributed by atoms with Crippen LogP contribution in [0.5, 0.6) is 11.6 Å². The van der Waals surface area contributed by atoms with Crippen LogP contribution in [0.2, 0.25) is 0 Å². The summed E-state index contributed by atoms with van der Waals surface area (Å²) in [5.41, 5.74) is 10.9. The number of aromatic nitrogens is 2. The normalized spacial score (nSPS) is 11.6. The number of sulfonamides is 1. The third-order valence-corrected chi connectivity index (χ3v) is 8.23. The molecule has 0 radical (unpaired) electrons. The highest BCUT2D eigenvalue weighted by molar-refractivity contribution is 7.92. The Kier molecular flexibility index (Phi) is 7.70. The Labute approximate surface area is 242 Å². The first-order valence-corrected chi connectivity index (χ1v) is 14.4. The largest absolute Gasteiger partial charge is 0.496 e. The Morgan fingerprint density at radius 3 is 2.36 bits per heavy atom. The minimum Gasteiger partial charge on any atom is -0.496 e. The third-order valence-electron chi connectivity index (χ3n) is 6.83. The van der Waals surface area contributed by atoms with Crippen LogP contribution in [0.4, 0.5) is 20.3 Å². The number of rotatable bonds is 8. The highest BCUT2D eigenvalue weighted by Gasteiger charge is 2.22. The molecule has 0 fully saturated rings. The average molecular weight is 591 g/mol. The second-order valence-corrected chi connectivity index (χ2v) is 11.6. The number of hydrogen-bond donors (Lipinski definition) is 2. The van der Waals surface area contributed by atoms with Gasteiger partial charge in [0, 0.05) is 34.3 Å². The number of anilines is 2. The quantitative estimate of drug-likeness (QED) is 0.205. The lowest BCUT2D eigenvalue weighted by molar-refractivity contribution is 0.400. The molecular weight excluding hydrogens is 562 g/mol. The maximum Gasteiger partial charge on any atom is 0.264 e. The zero-order valence-corrected chi connectivity index (χ0v) is 24.1. The van der Waals surface area contributed by atoms with Crippen molar-refractivity contribution < 1.29 is 26.7 Å². The van der Waals surface area contributed by atoms with E-state index >= 15 is 0 Å². The smallest absolute Gasteiger partial charge is 0.264 e. The molecule has 0 aliphatic carbocycles. The van der Waals surface area contributed by atoms with Crippen molar-refractivity contribution in [1.29, 1.82) is 0 Å². The minimum atomic E-state index is -4.43. The number of halogens is 2. The number of benzene rings is 3. The predicted octanol–water partition coefficient (Wildman–Crippen LogP) is 6.77. The first kappa shape index (κ1) is 28.7. The van der Waals surface area contributed by atoms with Crippen molar-refractivity contribution in [3.8, 4) is 33.9 Å². The number of pyridine rings is 2. The van der Waals surface area contributed by atoms with Crippen molar-refractivity contribution >= 4 is 32.4 Å². The van der Waals surface area contributed by atoms with Gasteiger partial charge in [0.15, 0.2) is 0 Å². The molecule has 0 spiro atoms. The number of nitrogens with two attached hydrogens (primary N) is 1. The lowest BCUT2D eigenvalue weighted by Crippen LogP contribution is -2.15. The van der Waals surface area contributed by atoms with Gasteiger partial charge in [-0.1, -0.05) is 26.0 Å². The van der Waals surface area contributed by atoms with Crippen molar-refractivity contribution in [3.63, 3.8) is 0 Å². The van der Waals surface area contributed by atoms with Crippen LogP contribution in [0.25, 0.3) is 33.2 Å². The molecule has 8 nitrogen and oxygen atoms in total. The van der Waals surface area contributed by atoms with Crippen LogP contribution < -0.4 is 19.9 Å². The first-order valence-electron chi connectivity index (χ1n) is 12.9. The van der Waals surface area contributed by atoms with Gasteiger partial charge in [0.05, 0.1) is 19.7 Å². The van der Waals surface area contributed by atoms with Crippen LogP contribution in [-0.2, 0) is 10.0 Å². The highest BCUT2D eigenvalue weighted by atomic mass is 32.2. The molecule has 11 heteroatoms. The van der Waals surface area contributed by atoms with Gasteiger partial charge in [-0.15, -0.1) is 0 Å². The molecule has 2 aromatic heterocycles. The van der Waals surface area contributed by atoms with Gasteiger partial charge in [0.1, 0.15) is 33.8 Å². The number of fused-ring (bicyclic) bond motifs is 1. The molecule has 5 aromatic rings. The first-order chi connectivity index (χ1) is 20.0. The number of nitrogens with zero attached hydrogens (tertiary/aromatic N) is 2. The van der Waals surface area contributed by atoms with Gasteiger partial charge in [-0.2, -0.15) is 0 Å². The SMILES string of the molecule is COc1ccc(C(C)C)cc1-c1cc2cc(-c3cnc(OC)c(NS(=O)(=O)c4ccc(F)cc4F)c3)ccc2nc1N. The maximum absolute atomic E-state index is 14.3. The van der Waals surface area contributed by atoms with Crippen LogP contribution in [-0.4, -0.2) is 32.6 Å². The summed E-state index contributed by atoms with van der Waals surface area (Å²) in [5, 5.41) is 0.778. The van der Waals surface area contributed by atoms with Gasteiger partial charge >= 0.3 is 0 Å². The Hall–Kier alpha value is -4.77. The van der Waals surface area contributed by atoms with Crippen molar-refractivity contribution in [2.45, 2.75) is 24.7 Å². The number of hydrogen-bond acceptors (Lipinski definition) is 7. The molecule has 3 N–H and O–H groups in total. The summed E-state index contributed by atoms with van der Waals surface area (Å²) in [6.45, 7) is 4.21. The summed E-state index contributed by atoms with van der Waals surface area (Å²) in [4.78, 5) is 8.14. The molecule has 5 rings (SSSR count). The van der Waals surface area contributed by atoms with Gasteiger partial charge < -0.3 is 15.2 Å². The van der Waals surface area contributed by atoms with Gasteiger partial charge in [-0.3, -0.25) is 4.72 Å². The number of ether oxygens (including phenoxy) is 2. The monoisotopic (exact) mass is 590 g/mol. The zero-order chi connectivity index (χ0) is 30.2. The fourth-order valence-corrected chi connectivity index (χ4v) is 5.73. The van der Waals surface area contributed by atoms with E-state index in [-0.39, 0.29) is 11.6 Å². The van der Waals surface area contributed by atoms with E-state index in [1.54, 1.807) is 19.2 Å². The van der Waals surface area contributed by atoms with Gasteiger partial charge in [-0.05, 0) is 65.6 Å². The Morgan fingerprint density at radius 1 is 0.881 bits per heavy atom. The summed E-state index contributed by atoms with van der Waals surface area (Å²) < 4.78 is 66.7. The zero-order valence-electron chi connectivity index (χ0n) is 23.3. The van der Waals surface area contributed by atoms with Crippen LogP contribution in [0.3, 0.4) is 0 Å². The standard InChI is InChI=1S/C31H28F2N4O4S/c1-17(2)18-6-9-28(40-3)23(12-18)24-13-20-11-19(5-8-26(20)36-30(24)34)21-14-27(31(41-4)35-16-21)37-42(38,39)29-10-7-22(32)15-25(29)33/h5-17,37H,1-4H3,(H2,34,36). The number of nitrogens with one attached hydrogen (secondary N) is 1. The average Bonchev–Trinajstić information content (AvgIpc) is 2.95. The van der Waals surface area contributed by atoms with Crippen LogP contribution in [0.1, 0.15) is 25.3 Å². The number of nitrogen functional groups attached to an aromatic ring is 1.